The summed E-state index contributed by atoms with van der Waals surface area (Å²) in [5.74, 6) is 1.55. The summed E-state index contributed by atoms with van der Waals surface area (Å²) in [7, 11) is 0. The molecular weight excluding hydrogens is 380 g/mol. The number of aryl methyl sites for hydroxylation is 2. The number of likely N-dealkylation sites (tertiary alicyclic amines) is 1. The van der Waals surface area contributed by atoms with Crippen molar-refractivity contribution < 1.29 is 9.32 Å². The fourth-order valence-electron chi connectivity index (χ4n) is 3.93. The third-order valence-corrected chi connectivity index (χ3v) is 5.86. The molecule has 0 saturated carbocycles. The summed E-state index contributed by atoms with van der Waals surface area (Å²) in [5.41, 5.74) is 4.82. The van der Waals surface area contributed by atoms with Crippen LogP contribution < -0.4 is 0 Å². The topological polar surface area (TPSA) is 101 Å². The van der Waals surface area contributed by atoms with E-state index in [9.17, 15) is 4.79 Å². The third kappa shape index (κ3) is 3.62. The van der Waals surface area contributed by atoms with E-state index in [-0.39, 0.29) is 17.9 Å². The smallest absolute Gasteiger partial charge is 0.274 e. The first-order chi connectivity index (χ1) is 14.4. The molecule has 3 aromatic heterocycles. The zero-order chi connectivity index (χ0) is 21.4. The maximum absolute atomic E-state index is 13.4. The molecule has 4 heterocycles. The Labute approximate surface area is 176 Å². The van der Waals surface area contributed by atoms with Crippen molar-refractivity contribution >= 4 is 5.91 Å². The molecule has 1 N–H and O–H groups in total. The van der Waals surface area contributed by atoms with Gasteiger partial charge in [0.1, 0.15) is 11.5 Å². The Morgan fingerprint density at radius 2 is 2.07 bits per heavy atom. The Balaban J connectivity index is 1.75. The van der Waals surface area contributed by atoms with Crippen LogP contribution in [0.15, 0.2) is 16.8 Å². The van der Waals surface area contributed by atoms with E-state index in [1.54, 1.807) is 6.20 Å². The quantitative estimate of drug-likeness (QED) is 0.692. The Bertz CT molecular complexity index is 1070. The van der Waals surface area contributed by atoms with Crippen LogP contribution in [0.2, 0.25) is 0 Å². The predicted molar refractivity (Wildman–Crippen MR) is 112 cm³/mol. The van der Waals surface area contributed by atoms with Gasteiger partial charge in [-0.05, 0) is 52.0 Å². The van der Waals surface area contributed by atoms with E-state index in [4.69, 9.17) is 9.51 Å². The second kappa shape index (κ2) is 8.01. The molecule has 1 unspecified atom stereocenters. The Hall–Kier alpha value is -3.03. The highest BCUT2D eigenvalue weighted by Gasteiger charge is 2.34. The molecule has 158 valence electrons. The summed E-state index contributed by atoms with van der Waals surface area (Å²) < 4.78 is 5.61. The van der Waals surface area contributed by atoms with Gasteiger partial charge in [0.05, 0.1) is 23.0 Å². The van der Waals surface area contributed by atoms with Crippen molar-refractivity contribution in [2.75, 3.05) is 6.54 Å². The van der Waals surface area contributed by atoms with Gasteiger partial charge in [-0.3, -0.25) is 9.89 Å². The van der Waals surface area contributed by atoms with Crippen molar-refractivity contribution in [3.05, 3.63) is 46.4 Å². The highest BCUT2D eigenvalue weighted by molar-refractivity contribution is 5.93. The molecule has 8 nitrogen and oxygen atoms in total. The zero-order valence-electron chi connectivity index (χ0n) is 18.2. The number of H-pyrrole nitrogens is 1. The fourth-order valence-corrected chi connectivity index (χ4v) is 3.93. The lowest BCUT2D eigenvalue weighted by atomic mass is 9.94. The van der Waals surface area contributed by atoms with Crippen molar-refractivity contribution in [3.63, 3.8) is 0 Å². The van der Waals surface area contributed by atoms with Gasteiger partial charge in [-0.2, -0.15) is 5.10 Å². The molecule has 3 aromatic rings. The molecule has 0 bridgehead atoms. The summed E-state index contributed by atoms with van der Waals surface area (Å²) in [5, 5.41) is 11.4. The standard InChI is InChI=1S/C22H28N6O2/c1-12(2)17-10-18(26-25-17)22(29)28-9-7-6-8-19(28)20-16(11-23-15(5)24-20)21-13(3)14(4)27-30-21/h10-12,19H,6-9H2,1-5H3,(H,25,26). The summed E-state index contributed by atoms with van der Waals surface area (Å²) in [6.45, 7) is 10.6. The molecule has 1 aliphatic heterocycles. The molecule has 1 saturated heterocycles. The van der Waals surface area contributed by atoms with Gasteiger partial charge in [-0.25, -0.2) is 9.97 Å². The first-order valence-corrected chi connectivity index (χ1v) is 10.5. The van der Waals surface area contributed by atoms with Crippen LogP contribution in [0.5, 0.6) is 0 Å². The van der Waals surface area contributed by atoms with Crippen molar-refractivity contribution in [1.29, 1.82) is 0 Å². The van der Waals surface area contributed by atoms with E-state index in [2.05, 4.69) is 34.2 Å². The first-order valence-electron chi connectivity index (χ1n) is 10.5. The van der Waals surface area contributed by atoms with Crippen LogP contribution >= 0.6 is 0 Å². The van der Waals surface area contributed by atoms with Crippen molar-refractivity contribution in [2.45, 2.75) is 65.8 Å². The van der Waals surface area contributed by atoms with Crippen LogP contribution in [0.1, 0.15) is 84.0 Å². The molecule has 0 aliphatic carbocycles. The lowest BCUT2D eigenvalue weighted by molar-refractivity contribution is 0.0600. The molecule has 1 fully saturated rings. The van der Waals surface area contributed by atoms with E-state index in [1.807, 2.05) is 31.7 Å². The Morgan fingerprint density at radius 1 is 1.27 bits per heavy atom. The Morgan fingerprint density at radius 3 is 2.73 bits per heavy atom. The monoisotopic (exact) mass is 408 g/mol. The SMILES string of the molecule is Cc1ncc(-c2onc(C)c2C)c(C2CCCCN2C(=O)c2cc(C(C)C)[nH]n2)n1. The number of carbonyl (C=O) groups is 1. The number of piperidine rings is 1. The first kappa shape index (κ1) is 20.3. The summed E-state index contributed by atoms with van der Waals surface area (Å²) >= 11 is 0. The molecule has 1 amide bonds. The molecule has 8 heteroatoms. The number of aromatic nitrogens is 5. The second-order valence-electron chi connectivity index (χ2n) is 8.31. The van der Waals surface area contributed by atoms with Gasteiger partial charge in [0.2, 0.25) is 0 Å². The molecule has 0 aromatic carbocycles. The molecule has 1 aliphatic rings. The summed E-state index contributed by atoms with van der Waals surface area (Å²) in [6.07, 6.45) is 4.61. The number of nitrogens with zero attached hydrogens (tertiary/aromatic N) is 5. The highest BCUT2D eigenvalue weighted by Crippen LogP contribution is 2.37. The highest BCUT2D eigenvalue weighted by atomic mass is 16.5. The van der Waals surface area contributed by atoms with E-state index in [1.165, 1.54) is 0 Å². The van der Waals surface area contributed by atoms with Gasteiger partial charge in [0, 0.05) is 24.0 Å². The van der Waals surface area contributed by atoms with Gasteiger partial charge in [-0.15, -0.1) is 0 Å². The van der Waals surface area contributed by atoms with Crippen LogP contribution in [0.3, 0.4) is 0 Å². The number of hydrogen-bond donors (Lipinski definition) is 1. The summed E-state index contributed by atoms with van der Waals surface area (Å²) in [4.78, 5) is 24.4. The van der Waals surface area contributed by atoms with Gasteiger partial charge < -0.3 is 9.42 Å². The van der Waals surface area contributed by atoms with Gasteiger partial charge in [0.25, 0.3) is 5.91 Å². The predicted octanol–water partition coefficient (Wildman–Crippen LogP) is 4.27. The normalized spacial score (nSPS) is 17.0. The van der Waals surface area contributed by atoms with Crippen molar-refractivity contribution in [1.82, 2.24) is 30.2 Å². The minimum absolute atomic E-state index is 0.0736. The van der Waals surface area contributed by atoms with Crippen LogP contribution in [0, 0.1) is 20.8 Å². The minimum atomic E-state index is -0.160. The maximum atomic E-state index is 13.4. The zero-order valence-corrected chi connectivity index (χ0v) is 18.2. The summed E-state index contributed by atoms with van der Waals surface area (Å²) in [6, 6.07) is 1.70. The molecule has 0 radical (unpaired) electrons. The molecule has 4 rings (SSSR count). The molecular formula is C22H28N6O2. The number of hydrogen-bond acceptors (Lipinski definition) is 6. The maximum Gasteiger partial charge on any atom is 0.274 e. The number of carbonyl (C=O) groups excluding carboxylic acids is 1. The lowest BCUT2D eigenvalue weighted by Gasteiger charge is -2.35. The number of nitrogens with one attached hydrogen (secondary N) is 1. The van der Waals surface area contributed by atoms with Crippen molar-refractivity contribution in [2.24, 2.45) is 0 Å². The van der Waals surface area contributed by atoms with E-state index < -0.39 is 0 Å². The second-order valence-corrected chi connectivity index (χ2v) is 8.31. The average molecular weight is 409 g/mol. The van der Waals surface area contributed by atoms with E-state index in [0.717, 1.165) is 47.5 Å². The van der Waals surface area contributed by atoms with Gasteiger partial charge >= 0.3 is 0 Å². The minimum Gasteiger partial charge on any atom is -0.356 e. The van der Waals surface area contributed by atoms with E-state index in [0.29, 0.717) is 23.8 Å². The Kier molecular flexibility index (Phi) is 5.40. The average Bonchev–Trinajstić information content (AvgIpc) is 3.36. The number of rotatable bonds is 4. The molecule has 30 heavy (non-hydrogen) atoms. The van der Waals surface area contributed by atoms with Crippen LogP contribution in [0.25, 0.3) is 11.3 Å². The molecule has 1 atom stereocenters. The lowest BCUT2D eigenvalue weighted by Crippen LogP contribution is -2.39. The van der Waals surface area contributed by atoms with Crippen molar-refractivity contribution in [3.8, 4) is 11.3 Å². The largest absolute Gasteiger partial charge is 0.356 e. The van der Waals surface area contributed by atoms with E-state index >= 15 is 0 Å². The van der Waals surface area contributed by atoms with Crippen LogP contribution in [0.4, 0.5) is 0 Å². The van der Waals surface area contributed by atoms with Crippen LogP contribution in [-0.2, 0) is 0 Å². The van der Waals surface area contributed by atoms with Gasteiger partial charge in [0.15, 0.2) is 5.76 Å². The molecule has 0 spiro atoms. The van der Waals surface area contributed by atoms with Crippen LogP contribution in [-0.4, -0.2) is 42.7 Å². The fraction of sp³-hybridized carbons (Fsp3) is 0.500. The number of amides is 1. The van der Waals surface area contributed by atoms with Gasteiger partial charge in [-0.1, -0.05) is 19.0 Å². The third-order valence-electron chi connectivity index (χ3n) is 5.86. The number of aromatic amines is 1.